The third kappa shape index (κ3) is 8.28. The van der Waals surface area contributed by atoms with Crippen molar-refractivity contribution < 1.29 is 0 Å². The topological polar surface area (TPSA) is 87.2 Å². The monoisotopic (exact) mass is 1090 g/mol. The summed E-state index contributed by atoms with van der Waals surface area (Å²) in [5.41, 5.74) is 19.5. The Balaban J connectivity index is 0.911. The molecule has 0 saturated heterocycles. The lowest BCUT2D eigenvalue weighted by Gasteiger charge is -2.33. The molecule has 8 aromatic carbocycles. The summed E-state index contributed by atoms with van der Waals surface area (Å²) in [7, 11) is 0. The molecular weight excluding hydrogens is 1030 g/mol. The minimum Gasteiger partial charge on any atom is -0.265 e. The van der Waals surface area contributed by atoms with Gasteiger partial charge in [0.15, 0.2) is 0 Å². The minimum absolute atomic E-state index is 0.217. The number of nitrogens with zero attached hydrogens (tertiary/aromatic N) is 8. The standard InChI is InChI=1S/C71H58N8S2/c1-3-5-7-13-37-71(38-14-8-6-4-2)59-43-45(49-29-31-55(69-67(49)74-78(76-69)47-33-39-72-40-34-47)53-19-15-23-63-65(53)57-17-9-11-21-61(57)80-63)25-27-51(59)52-28-26-46(44-60(52)71)50-30-32-56(70-68(50)75-79(77-70)48-35-41-73-42-36-48)54-20-16-24-64-66(54)58-18-10-12-22-62(58)81-64/h9-12,15-36,39-44H,3-8,13-14,37-38H2,1-2H3. The van der Waals surface area contributed by atoms with Gasteiger partial charge in [-0.25, -0.2) is 0 Å². The first-order valence-electron chi connectivity index (χ1n) is 28.8. The molecule has 0 N–H and O–H groups in total. The fraction of sp³-hybridized carbons (Fsp3) is 0.183. The van der Waals surface area contributed by atoms with Crippen molar-refractivity contribution in [2.45, 2.75) is 83.5 Å². The van der Waals surface area contributed by atoms with E-state index in [9.17, 15) is 0 Å². The normalized spacial score (nSPS) is 12.9. The van der Waals surface area contributed by atoms with Crippen molar-refractivity contribution in [3.8, 4) is 67.0 Å². The largest absolute Gasteiger partial charge is 0.265 e. The Kier molecular flexibility index (Phi) is 12.5. The average Bonchev–Trinajstić information content (AvgIpc) is 3.81. The molecule has 1 aliphatic rings. The van der Waals surface area contributed by atoms with Crippen molar-refractivity contribution in [2.24, 2.45) is 0 Å². The van der Waals surface area contributed by atoms with E-state index in [-0.39, 0.29) is 5.41 Å². The van der Waals surface area contributed by atoms with Crippen LogP contribution in [0.4, 0.5) is 0 Å². The molecule has 394 valence electrons. The zero-order valence-electron chi connectivity index (χ0n) is 45.4. The number of hydrogen-bond donors (Lipinski definition) is 0. The fourth-order valence-corrected chi connectivity index (χ4v) is 15.5. The van der Waals surface area contributed by atoms with Gasteiger partial charge in [0.25, 0.3) is 0 Å². The van der Waals surface area contributed by atoms with E-state index in [0.29, 0.717) is 0 Å². The summed E-state index contributed by atoms with van der Waals surface area (Å²) in [5.74, 6) is 0. The number of thiophene rings is 2. The van der Waals surface area contributed by atoms with E-state index >= 15 is 0 Å². The Labute approximate surface area is 478 Å². The van der Waals surface area contributed by atoms with Gasteiger partial charge in [-0.15, -0.1) is 43.1 Å². The van der Waals surface area contributed by atoms with Gasteiger partial charge in [-0.2, -0.15) is 9.59 Å². The zero-order valence-corrected chi connectivity index (χ0v) is 47.1. The third-order valence-corrected chi connectivity index (χ3v) is 19.4. The molecule has 6 aromatic heterocycles. The molecule has 0 fully saturated rings. The molecule has 1 aliphatic carbocycles. The molecule has 15 rings (SSSR count). The van der Waals surface area contributed by atoms with Gasteiger partial charge in [-0.3, -0.25) is 9.97 Å². The summed E-state index contributed by atoms with van der Waals surface area (Å²) in [5, 5.41) is 26.5. The van der Waals surface area contributed by atoms with Gasteiger partial charge in [0, 0.05) is 92.8 Å². The number of fused-ring (bicyclic) bond motifs is 11. The summed E-state index contributed by atoms with van der Waals surface area (Å²) in [4.78, 5) is 12.3. The van der Waals surface area contributed by atoms with E-state index in [4.69, 9.17) is 20.4 Å². The molecule has 0 saturated carbocycles. The van der Waals surface area contributed by atoms with E-state index in [1.165, 1.54) is 112 Å². The Morgan fingerprint density at radius 2 is 0.753 bits per heavy atom. The Morgan fingerprint density at radius 1 is 0.358 bits per heavy atom. The fourth-order valence-electron chi connectivity index (χ4n) is 13.3. The van der Waals surface area contributed by atoms with E-state index in [2.05, 4.69) is 169 Å². The van der Waals surface area contributed by atoms with Crippen molar-refractivity contribution in [2.75, 3.05) is 0 Å². The number of pyridine rings is 2. The first-order valence-corrected chi connectivity index (χ1v) is 30.4. The molecule has 0 aliphatic heterocycles. The first kappa shape index (κ1) is 49.4. The van der Waals surface area contributed by atoms with E-state index in [1.54, 1.807) is 9.59 Å². The number of aromatic nitrogens is 8. The summed E-state index contributed by atoms with van der Waals surface area (Å²) in [6, 6.07) is 62.6. The van der Waals surface area contributed by atoms with E-state index in [1.807, 2.05) is 71.7 Å². The highest BCUT2D eigenvalue weighted by Gasteiger charge is 2.43. The second kappa shape index (κ2) is 20.4. The molecule has 0 amide bonds. The first-order chi connectivity index (χ1) is 40.1. The van der Waals surface area contributed by atoms with Gasteiger partial charge in [0.05, 0.1) is 11.4 Å². The molecule has 0 radical (unpaired) electrons. The number of benzene rings is 8. The molecule has 0 spiro atoms. The molecule has 81 heavy (non-hydrogen) atoms. The molecule has 14 aromatic rings. The molecule has 10 heteroatoms. The van der Waals surface area contributed by atoms with Gasteiger partial charge in [-0.1, -0.05) is 174 Å². The lowest BCUT2D eigenvalue weighted by molar-refractivity contribution is 0.401. The Bertz CT molecular complexity index is 4400. The molecule has 0 atom stereocenters. The van der Waals surface area contributed by atoms with Crippen molar-refractivity contribution in [3.05, 3.63) is 206 Å². The highest BCUT2D eigenvalue weighted by Crippen LogP contribution is 2.57. The quantitative estimate of drug-likeness (QED) is 0.0896. The van der Waals surface area contributed by atoms with Crippen LogP contribution in [-0.2, 0) is 5.41 Å². The van der Waals surface area contributed by atoms with Crippen LogP contribution in [-0.4, -0.2) is 40.0 Å². The van der Waals surface area contributed by atoms with Crippen molar-refractivity contribution in [1.82, 2.24) is 40.0 Å². The zero-order chi connectivity index (χ0) is 54.0. The van der Waals surface area contributed by atoms with E-state index < -0.39 is 0 Å². The molecule has 6 heterocycles. The van der Waals surface area contributed by atoms with Crippen LogP contribution in [0.25, 0.3) is 129 Å². The lowest BCUT2D eigenvalue weighted by atomic mass is 9.70. The second-order valence-electron chi connectivity index (χ2n) is 21.9. The van der Waals surface area contributed by atoms with Gasteiger partial charge < -0.3 is 0 Å². The summed E-state index contributed by atoms with van der Waals surface area (Å²) in [6.07, 6.45) is 18.9. The van der Waals surface area contributed by atoms with Crippen LogP contribution in [0.3, 0.4) is 0 Å². The number of unbranched alkanes of at least 4 members (excludes halogenated alkanes) is 6. The number of hydrogen-bond acceptors (Lipinski definition) is 8. The smallest absolute Gasteiger partial charge is 0.122 e. The third-order valence-electron chi connectivity index (χ3n) is 17.2. The maximum absolute atomic E-state index is 5.39. The minimum atomic E-state index is -0.217. The lowest BCUT2D eigenvalue weighted by Crippen LogP contribution is -2.25. The highest BCUT2D eigenvalue weighted by atomic mass is 32.1. The van der Waals surface area contributed by atoms with Gasteiger partial charge >= 0.3 is 0 Å². The molecule has 0 unspecified atom stereocenters. The summed E-state index contributed by atoms with van der Waals surface area (Å²) < 4.78 is 5.09. The molecule has 8 nitrogen and oxygen atoms in total. The average molecular weight is 1090 g/mol. The van der Waals surface area contributed by atoms with Gasteiger partial charge in [0.1, 0.15) is 22.1 Å². The second-order valence-corrected chi connectivity index (χ2v) is 24.1. The summed E-state index contributed by atoms with van der Waals surface area (Å²) >= 11 is 3.69. The van der Waals surface area contributed by atoms with Crippen molar-refractivity contribution in [1.29, 1.82) is 0 Å². The van der Waals surface area contributed by atoms with Crippen LogP contribution in [0.15, 0.2) is 195 Å². The van der Waals surface area contributed by atoms with Crippen LogP contribution in [0.5, 0.6) is 0 Å². The Hall–Kier alpha value is -8.70. The van der Waals surface area contributed by atoms with E-state index in [0.717, 1.165) is 92.5 Å². The highest BCUT2D eigenvalue weighted by molar-refractivity contribution is 7.26. The predicted molar refractivity (Wildman–Crippen MR) is 338 cm³/mol. The van der Waals surface area contributed by atoms with Gasteiger partial charge in [0.2, 0.25) is 0 Å². The molecular formula is C71H58N8S2. The maximum Gasteiger partial charge on any atom is 0.122 e. The predicted octanol–water partition coefficient (Wildman–Crippen LogP) is 19.6. The van der Waals surface area contributed by atoms with Crippen LogP contribution in [0.2, 0.25) is 0 Å². The Morgan fingerprint density at radius 3 is 1.20 bits per heavy atom. The van der Waals surface area contributed by atoms with Gasteiger partial charge in [-0.05, 0) is 118 Å². The van der Waals surface area contributed by atoms with Crippen molar-refractivity contribution in [3.63, 3.8) is 0 Å². The van der Waals surface area contributed by atoms with Crippen LogP contribution in [0, 0.1) is 0 Å². The summed E-state index contributed by atoms with van der Waals surface area (Å²) in [6.45, 7) is 4.64. The maximum atomic E-state index is 5.39. The van der Waals surface area contributed by atoms with Crippen LogP contribution < -0.4 is 0 Å². The molecule has 0 bridgehead atoms. The SMILES string of the molecule is CCCCCCC1(CCCCCC)c2cc(-c3ccc(-c4cccc5sc6ccccc6c45)c4nn(-c5ccncc5)nc34)ccc2-c2ccc(-c3ccc(-c4cccc5sc6ccccc6c45)c4nn(-c5ccncc5)nc34)cc21. The van der Waals surface area contributed by atoms with Crippen LogP contribution >= 0.6 is 22.7 Å². The van der Waals surface area contributed by atoms with Crippen LogP contribution in [0.1, 0.15) is 89.2 Å². The van der Waals surface area contributed by atoms with Crippen molar-refractivity contribution >= 4 is 85.1 Å². The number of rotatable bonds is 16.